The molecule has 0 saturated heterocycles. The third-order valence-electron chi connectivity index (χ3n) is 5.11. The van der Waals surface area contributed by atoms with E-state index in [1.165, 1.54) is 25.5 Å². The molecule has 0 bridgehead atoms. The second-order valence-corrected chi connectivity index (χ2v) is 7.25. The van der Waals surface area contributed by atoms with Gasteiger partial charge in [0.25, 0.3) is 0 Å². The van der Waals surface area contributed by atoms with Crippen molar-refractivity contribution in [3.05, 3.63) is 65.6 Å². The molecule has 0 fully saturated rings. The highest BCUT2D eigenvalue weighted by atomic mass is 16.6. The van der Waals surface area contributed by atoms with Gasteiger partial charge in [0.15, 0.2) is 17.3 Å². The molecular formula is C24H22N4O4. The smallest absolute Gasteiger partial charge is 0.336 e. The van der Waals surface area contributed by atoms with Crippen LogP contribution in [0.15, 0.2) is 47.1 Å². The number of aromatic nitrogens is 3. The van der Waals surface area contributed by atoms with Crippen LogP contribution in [0.3, 0.4) is 0 Å². The zero-order chi connectivity index (χ0) is 22.3. The molecule has 0 atom stereocenters. The first-order chi connectivity index (χ1) is 15.7. The molecule has 3 heterocycles. The van der Waals surface area contributed by atoms with Crippen molar-refractivity contribution < 1.29 is 18.7 Å². The Balaban J connectivity index is 1.55. The standard InChI is InChI=1S/C24H22N4O4/c1-30-21-15-17(8-10-20(21)32-23(29)11-9-19-6-5-13-31-19)14-18(16-25)24-27-26-22-7-3-2-4-12-28(22)24/h5-6,8-11,13-15H,2-4,7,12H2,1H3. The van der Waals surface area contributed by atoms with Crippen LogP contribution in [0.25, 0.3) is 17.7 Å². The molecule has 1 aromatic carbocycles. The number of furan rings is 1. The first-order valence-corrected chi connectivity index (χ1v) is 10.3. The van der Waals surface area contributed by atoms with Gasteiger partial charge in [0.05, 0.1) is 18.9 Å². The number of methoxy groups -OCH3 is 1. The number of esters is 1. The van der Waals surface area contributed by atoms with Gasteiger partial charge in [-0.05, 0) is 54.8 Å². The maximum atomic E-state index is 12.1. The summed E-state index contributed by atoms with van der Waals surface area (Å²) in [5.74, 6) is 2.11. The van der Waals surface area contributed by atoms with Crippen molar-refractivity contribution in [2.45, 2.75) is 32.2 Å². The van der Waals surface area contributed by atoms with E-state index in [9.17, 15) is 10.1 Å². The molecule has 162 valence electrons. The van der Waals surface area contributed by atoms with Crippen LogP contribution < -0.4 is 9.47 Å². The lowest BCUT2D eigenvalue weighted by molar-refractivity contribution is -0.129. The van der Waals surface area contributed by atoms with Crippen LogP contribution in [0.1, 0.15) is 42.2 Å². The van der Waals surface area contributed by atoms with Crippen LogP contribution in [-0.2, 0) is 17.8 Å². The second-order valence-electron chi connectivity index (χ2n) is 7.25. The summed E-state index contributed by atoms with van der Waals surface area (Å²) in [6, 6.07) is 10.8. The number of fused-ring (bicyclic) bond motifs is 1. The topological polar surface area (TPSA) is 103 Å². The molecule has 0 N–H and O–H groups in total. The van der Waals surface area contributed by atoms with Gasteiger partial charge in [-0.15, -0.1) is 10.2 Å². The molecule has 0 radical (unpaired) electrons. The summed E-state index contributed by atoms with van der Waals surface area (Å²) >= 11 is 0. The molecule has 1 aliphatic rings. The van der Waals surface area contributed by atoms with E-state index in [2.05, 4.69) is 16.3 Å². The van der Waals surface area contributed by atoms with Crippen LogP contribution in [0.4, 0.5) is 0 Å². The predicted molar refractivity (Wildman–Crippen MR) is 117 cm³/mol. The number of nitriles is 1. The molecule has 0 amide bonds. The summed E-state index contributed by atoms with van der Waals surface area (Å²) in [4.78, 5) is 12.1. The molecule has 1 aliphatic heterocycles. The van der Waals surface area contributed by atoms with E-state index >= 15 is 0 Å². The number of nitrogens with zero attached hydrogens (tertiary/aromatic N) is 4. The largest absolute Gasteiger partial charge is 0.493 e. The van der Waals surface area contributed by atoms with Crippen LogP contribution in [0, 0.1) is 11.3 Å². The Labute approximate surface area is 185 Å². The molecule has 2 aromatic heterocycles. The molecule has 0 aliphatic carbocycles. The summed E-state index contributed by atoms with van der Waals surface area (Å²) in [7, 11) is 1.49. The highest BCUT2D eigenvalue weighted by Crippen LogP contribution is 2.30. The molecule has 0 saturated carbocycles. The summed E-state index contributed by atoms with van der Waals surface area (Å²) in [6.45, 7) is 0.806. The second kappa shape index (κ2) is 9.79. The summed E-state index contributed by atoms with van der Waals surface area (Å²) in [6.07, 6.45) is 10.2. The number of hydrogen-bond acceptors (Lipinski definition) is 7. The molecule has 3 aromatic rings. The van der Waals surface area contributed by atoms with E-state index in [1.807, 2.05) is 4.57 Å². The minimum absolute atomic E-state index is 0.272. The van der Waals surface area contributed by atoms with Crippen molar-refractivity contribution in [1.82, 2.24) is 14.8 Å². The Hall–Kier alpha value is -4.12. The number of carbonyl (C=O) groups excluding carboxylic acids is 1. The number of rotatable bonds is 6. The van der Waals surface area contributed by atoms with Crippen LogP contribution >= 0.6 is 0 Å². The lowest BCUT2D eigenvalue weighted by Crippen LogP contribution is -2.05. The molecule has 8 nitrogen and oxygen atoms in total. The Morgan fingerprint density at radius 1 is 1.22 bits per heavy atom. The van der Waals surface area contributed by atoms with E-state index in [-0.39, 0.29) is 5.75 Å². The van der Waals surface area contributed by atoms with Gasteiger partial charge < -0.3 is 18.5 Å². The van der Waals surface area contributed by atoms with Crippen LogP contribution in [0.5, 0.6) is 11.5 Å². The van der Waals surface area contributed by atoms with Gasteiger partial charge in [0, 0.05) is 19.0 Å². The normalized spacial score (nSPS) is 13.9. The fourth-order valence-corrected chi connectivity index (χ4v) is 3.53. The number of ether oxygens (including phenoxy) is 2. The van der Waals surface area contributed by atoms with Crippen molar-refractivity contribution in [2.24, 2.45) is 0 Å². The number of hydrogen-bond donors (Lipinski definition) is 0. The number of allylic oxidation sites excluding steroid dienone is 1. The SMILES string of the molecule is COc1cc(C=C(C#N)c2nnc3n2CCCCC3)ccc1OC(=O)C=Cc1ccco1. The van der Waals surface area contributed by atoms with E-state index in [4.69, 9.17) is 13.9 Å². The maximum Gasteiger partial charge on any atom is 0.336 e. The highest BCUT2D eigenvalue weighted by molar-refractivity contribution is 5.89. The Morgan fingerprint density at radius 3 is 2.91 bits per heavy atom. The van der Waals surface area contributed by atoms with Gasteiger partial charge in [-0.1, -0.05) is 12.5 Å². The summed E-state index contributed by atoms with van der Waals surface area (Å²) in [5, 5.41) is 18.3. The van der Waals surface area contributed by atoms with E-state index in [1.54, 1.807) is 36.4 Å². The molecule has 32 heavy (non-hydrogen) atoms. The lowest BCUT2D eigenvalue weighted by atomic mass is 10.1. The Kier molecular flexibility index (Phi) is 6.46. The predicted octanol–water partition coefficient (Wildman–Crippen LogP) is 4.29. The third-order valence-corrected chi connectivity index (χ3v) is 5.11. The molecule has 0 spiro atoms. The van der Waals surface area contributed by atoms with Gasteiger partial charge in [-0.3, -0.25) is 0 Å². The lowest BCUT2D eigenvalue weighted by Gasteiger charge is -2.09. The van der Waals surface area contributed by atoms with Gasteiger partial charge in [0.1, 0.15) is 17.7 Å². The fourth-order valence-electron chi connectivity index (χ4n) is 3.53. The first-order valence-electron chi connectivity index (χ1n) is 10.3. The number of aryl methyl sites for hydroxylation is 1. The van der Waals surface area contributed by atoms with Gasteiger partial charge >= 0.3 is 5.97 Å². The molecule has 0 unspecified atom stereocenters. The highest BCUT2D eigenvalue weighted by Gasteiger charge is 2.18. The average molecular weight is 430 g/mol. The average Bonchev–Trinajstić information content (AvgIpc) is 3.41. The van der Waals surface area contributed by atoms with Crippen LogP contribution in [-0.4, -0.2) is 27.8 Å². The summed E-state index contributed by atoms with van der Waals surface area (Å²) in [5.41, 5.74) is 1.13. The Morgan fingerprint density at radius 2 is 2.12 bits per heavy atom. The molecular weight excluding hydrogens is 408 g/mol. The zero-order valence-corrected chi connectivity index (χ0v) is 17.7. The summed E-state index contributed by atoms with van der Waals surface area (Å²) < 4.78 is 17.9. The zero-order valence-electron chi connectivity index (χ0n) is 17.7. The van der Waals surface area contributed by atoms with Crippen molar-refractivity contribution in [1.29, 1.82) is 5.26 Å². The monoisotopic (exact) mass is 430 g/mol. The number of carbonyl (C=O) groups is 1. The van der Waals surface area contributed by atoms with E-state index in [0.717, 1.165) is 43.6 Å². The molecule has 4 rings (SSSR count). The van der Waals surface area contributed by atoms with E-state index < -0.39 is 5.97 Å². The maximum absolute atomic E-state index is 12.1. The minimum atomic E-state index is -0.563. The van der Waals surface area contributed by atoms with Gasteiger partial charge in [-0.2, -0.15) is 5.26 Å². The Bertz CT molecular complexity index is 1200. The van der Waals surface area contributed by atoms with Gasteiger partial charge in [0.2, 0.25) is 0 Å². The van der Waals surface area contributed by atoms with Crippen LogP contribution in [0.2, 0.25) is 0 Å². The molecule has 8 heteroatoms. The fraction of sp³-hybridized carbons (Fsp3) is 0.250. The van der Waals surface area contributed by atoms with Crippen molar-refractivity contribution in [3.63, 3.8) is 0 Å². The van der Waals surface area contributed by atoms with Crippen molar-refractivity contribution >= 4 is 23.7 Å². The first kappa shape index (κ1) is 21.1. The minimum Gasteiger partial charge on any atom is -0.493 e. The number of benzene rings is 1. The third kappa shape index (κ3) is 4.78. The van der Waals surface area contributed by atoms with Gasteiger partial charge in [-0.25, -0.2) is 4.79 Å². The van der Waals surface area contributed by atoms with Crippen molar-refractivity contribution in [3.8, 4) is 17.6 Å². The van der Waals surface area contributed by atoms with Crippen molar-refractivity contribution in [2.75, 3.05) is 7.11 Å². The quantitative estimate of drug-likeness (QED) is 0.249. The van der Waals surface area contributed by atoms with E-state index in [0.29, 0.717) is 22.9 Å².